The quantitative estimate of drug-likeness (QED) is 0.855. The summed E-state index contributed by atoms with van der Waals surface area (Å²) in [4.78, 5) is 14.8. The zero-order chi connectivity index (χ0) is 16.1. The number of hydrogen-bond acceptors (Lipinski definition) is 3. The third kappa shape index (κ3) is 3.94. The van der Waals surface area contributed by atoms with E-state index in [1.807, 2.05) is 31.2 Å². The maximum absolute atomic E-state index is 12.3. The van der Waals surface area contributed by atoms with E-state index in [2.05, 4.69) is 10.2 Å². The number of aryl methyl sites for hydroxylation is 1. The van der Waals surface area contributed by atoms with Gasteiger partial charge in [0, 0.05) is 17.5 Å². The molecule has 1 fully saturated rings. The summed E-state index contributed by atoms with van der Waals surface area (Å²) in [5.41, 5.74) is 1.70. The van der Waals surface area contributed by atoms with Crippen molar-refractivity contribution in [3.63, 3.8) is 0 Å². The molecule has 3 rings (SSSR count). The molecule has 0 aliphatic carbocycles. The second kappa shape index (κ2) is 7.64. The minimum absolute atomic E-state index is 0.102. The molecular formula is C19H26N2O2. The lowest BCUT2D eigenvalue weighted by atomic mass is 10.1. The summed E-state index contributed by atoms with van der Waals surface area (Å²) in [7, 11) is 0. The van der Waals surface area contributed by atoms with Gasteiger partial charge in [-0.2, -0.15) is 0 Å². The number of para-hydroxylation sites is 1. The molecule has 1 N–H and O–H groups in total. The summed E-state index contributed by atoms with van der Waals surface area (Å²) in [5.74, 6) is 0.343. The molecule has 0 atom stereocenters. The Morgan fingerprint density at radius 3 is 2.65 bits per heavy atom. The number of amides is 1. The van der Waals surface area contributed by atoms with Crippen LogP contribution in [0.1, 0.15) is 48.2 Å². The largest absolute Gasteiger partial charge is 0.451 e. The second-order valence-corrected chi connectivity index (χ2v) is 6.42. The molecule has 0 bridgehead atoms. The fourth-order valence-electron chi connectivity index (χ4n) is 3.34. The van der Waals surface area contributed by atoms with Gasteiger partial charge in [-0.05, 0) is 51.9 Å². The van der Waals surface area contributed by atoms with E-state index in [0.717, 1.165) is 29.5 Å². The van der Waals surface area contributed by atoms with E-state index in [1.165, 1.54) is 38.8 Å². The summed E-state index contributed by atoms with van der Waals surface area (Å²) >= 11 is 0. The van der Waals surface area contributed by atoms with Gasteiger partial charge >= 0.3 is 0 Å². The number of hydrogen-bond donors (Lipinski definition) is 1. The number of nitrogens with zero attached hydrogens (tertiary/aromatic N) is 1. The molecule has 4 nitrogen and oxygen atoms in total. The van der Waals surface area contributed by atoms with Crippen LogP contribution in [0.2, 0.25) is 0 Å². The van der Waals surface area contributed by atoms with Gasteiger partial charge < -0.3 is 14.6 Å². The van der Waals surface area contributed by atoms with Gasteiger partial charge in [-0.15, -0.1) is 0 Å². The molecular weight excluding hydrogens is 288 g/mol. The summed E-state index contributed by atoms with van der Waals surface area (Å²) in [6.45, 7) is 6.12. The summed E-state index contributed by atoms with van der Waals surface area (Å²) < 4.78 is 5.70. The first kappa shape index (κ1) is 16.1. The van der Waals surface area contributed by atoms with Gasteiger partial charge in [-0.3, -0.25) is 4.79 Å². The van der Waals surface area contributed by atoms with Crippen LogP contribution in [0, 0.1) is 6.92 Å². The number of carbonyl (C=O) groups is 1. The molecule has 0 spiro atoms. The summed E-state index contributed by atoms with van der Waals surface area (Å²) in [5, 5.41) is 4.01. The molecule has 23 heavy (non-hydrogen) atoms. The predicted octanol–water partition coefficient (Wildman–Crippen LogP) is 3.74. The van der Waals surface area contributed by atoms with Crippen molar-refractivity contribution in [1.29, 1.82) is 0 Å². The van der Waals surface area contributed by atoms with Crippen molar-refractivity contribution in [2.45, 2.75) is 39.0 Å². The van der Waals surface area contributed by atoms with Crippen molar-refractivity contribution in [2.24, 2.45) is 0 Å². The van der Waals surface area contributed by atoms with E-state index >= 15 is 0 Å². The minimum atomic E-state index is -0.102. The van der Waals surface area contributed by atoms with E-state index in [-0.39, 0.29) is 5.91 Å². The van der Waals surface area contributed by atoms with Crippen LogP contribution in [0.4, 0.5) is 0 Å². The zero-order valence-corrected chi connectivity index (χ0v) is 13.9. The number of nitrogens with one attached hydrogen (secondary N) is 1. The van der Waals surface area contributed by atoms with Crippen LogP contribution in [0.3, 0.4) is 0 Å². The molecule has 0 saturated carbocycles. The number of benzene rings is 1. The fourth-order valence-corrected chi connectivity index (χ4v) is 3.34. The molecule has 4 heteroatoms. The van der Waals surface area contributed by atoms with Crippen molar-refractivity contribution in [3.05, 3.63) is 35.6 Å². The molecule has 1 aromatic heterocycles. The van der Waals surface area contributed by atoms with Gasteiger partial charge in [0.05, 0.1) is 0 Å². The highest BCUT2D eigenvalue weighted by molar-refractivity contribution is 5.98. The Bertz CT molecular complexity index is 654. The van der Waals surface area contributed by atoms with Crippen LogP contribution >= 0.6 is 0 Å². The van der Waals surface area contributed by atoms with Crippen molar-refractivity contribution >= 4 is 16.9 Å². The number of likely N-dealkylation sites (tertiary alicyclic amines) is 1. The first-order valence-corrected chi connectivity index (χ1v) is 8.74. The van der Waals surface area contributed by atoms with E-state index in [9.17, 15) is 4.79 Å². The van der Waals surface area contributed by atoms with E-state index < -0.39 is 0 Å². The lowest BCUT2D eigenvalue weighted by Crippen LogP contribution is -2.30. The Balaban J connectivity index is 1.49. The van der Waals surface area contributed by atoms with Crippen molar-refractivity contribution in [2.75, 3.05) is 26.2 Å². The number of furan rings is 1. The van der Waals surface area contributed by atoms with E-state index in [1.54, 1.807) is 0 Å². The normalized spacial score (nSPS) is 16.4. The zero-order valence-electron chi connectivity index (χ0n) is 13.9. The van der Waals surface area contributed by atoms with Gasteiger partial charge in [0.2, 0.25) is 0 Å². The molecule has 2 heterocycles. The van der Waals surface area contributed by atoms with Crippen LogP contribution < -0.4 is 5.32 Å². The number of carbonyl (C=O) groups excluding carboxylic acids is 1. The van der Waals surface area contributed by atoms with Crippen LogP contribution in [0.25, 0.3) is 11.0 Å². The molecule has 124 valence electrons. The highest BCUT2D eigenvalue weighted by Gasteiger charge is 2.17. The second-order valence-electron chi connectivity index (χ2n) is 6.42. The molecule has 1 amide bonds. The maximum atomic E-state index is 12.3. The number of fused-ring (bicyclic) bond motifs is 1. The fraction of sp³-hybridized carbons (Fsp3) is 0.526. The van der Waals surface area contributed by atoms with Gasteiger partial charge in [0.1, 0.15) is 5.58 Å². The lowest BCUT2D eigenvalue weighted by molar-refractivity contribution is 0.0925. The Hall–Kier alpha value is -1.81. The van der Waals surface area contributed by atoms with Crippen LogP contribution in [-0.4, -0.2) is 37.0 Å². The maximum Gasteiger partial charge on any atom is 0.287 e. The average molecular weight is 314 g/mol. The molecule has 0 unspecified atom stereocenters. The van der Waals surface area contributed by atoms with Gasteiger partial charge in [0.25, 0.3) is 5.91 Å². The van der Waals surface area contributed by atoms with Crippen LogP contribution in [-0.2, 0) is 0 Å². The van der Waals surface area contributed by atoms with E-state index in [4.69, 9.17) is 4.42 Å². The third-order valence-corrected chi connectivity index (χ3v) is 4.69. The molecule has 0 radical (unpaired) electrons. The minimum Gasteiger partial charge on any atom is -0.451 e. The topological polar surface area (TPSA) is 45.5 Å². The Labute approximate surface area is 137 Å². The standard InChI is InChI=1S/C19H26N2O2/c1-15-16-9-4-5-10-17(16)23-18(15)19(22)20-11-8-14-21-12-6-2-3-7-13-21/h4-5,9-10H,2-3,6-8,11-14H2,1H3,(H,20,22). The Morgan fingerprint density at radius 2 is 1.91 bits per heavy atom. The molecule has 2 aromatic rings. The monoisotopic (exact) mass is 314 g/mol. The highest BCUT2D eigenvalue weighted by Crippen LogP contribution is 2.24. The van der Waals surface area contributed by atoms with Crippen LogP contribution in [0.5, 0.6) is 0 Å². The average Bonchev–Trinajstić information content (AvgIpc) is 2.75. The molecule has 1 aliphatic heterocycles. The SMILES string of the molecule is Cc1c(C(=O)NCCCN2CCCCCC2)oc2ccccc12. The van der Waals surface area contributed by atoms with Gasteiger partial charge in [-0.25, -0.2) is 0 Å². The number of rotatable bonds is 5. The van der Waals surface area contributed by atoms with Crippen molar-refractivity contribution in [3.8, 4) is 0 Å². The molecule has 1 aromatic carbocycles. The van der Waals surface area contributed by atoms with E-state index in [0.29, 0.717) is 12.3 Å². The highest BCUT2D eigenvalue weighted by atomic mass is 16.3. The lowest BCUT2D eigenvalue weighted by Gasteiger charge is -2.19. The molecule has 1 aliphatic rings. The Kier molecular flexibility index (Phi) is 5.34. The van der Waals surface area contributed by atoms with Crippen LogP contribution in [0.15, 0.2) is 28.7 Å². The molecule has 1 saturated heterocycles. The summed E-state index contributed by atoms with van der Waals surface area (Å²) in [6, 6.07) is 7.78. The van der Waals surface area contributed by atoms with Crippen molar-refractivity contribution < 1.29 is 9.21 Å². The van der Waals surface area contributed by atoms with Gasteiger partial charge in [-0.1, -0.05) is 31.0 Å². The first-order valence-electron chi connectivity index (χ1n) is 8.74. The predicted molar refractivity (Wildman–Crippen MR) is 92.8 cm³/mol. The third-order valence-electron chi connectivity index (χ3n) is 4.69. The smallest absolute Gasteiger partial charge is 0.287 e. The summed E-state index contributed by atoms with van der Waals surface area (Å²) in [6.07, 6.45) is 6.33. The van der Waals surface area contributed by atoms with Crippen molar-refractivity contribution in [1.82, 2.24) is 10.2 Å². The Morgan fingerprint density at radius 1 is 1.17 bits per heavy atom. The van der Waals surface area contributed by atoms with Gasteiger partial charge in [0.15, 0.2) is 5.76 Å². The first-order chi connectivity index (χ1) is 11.3.